The molecule has 1 aliphatic heterocycles. The van der Waals surface area contributed by atoms with E-state index < -0.39 is 12.0 Å². The van der Waals surface area contributed by atoms with E-state index in [-0.39, 0.29) is 12.2 Å². The molecule has 0 amide bonds. The van der Waals surface area contributed by atoms with Gasteiger partial charge in [-0.05, 0) is 67.1 Å². The molecule has 0 spiro atoms. The molecule has 0 bridgehead atoms. The molecular formula is C31H28N2O4S2. The average Bonchev–Trinajstić information content (AvgIpc) is 3.26. The van der Waals surface area contributed by atoms with Crippen molar-refractivity contribution in [1.82, 2.24) is 4.57 Å². The Bertz CT molecular complexity index is 1690. The molecule has 0 aliphatic carbocycles. The van der Waals surface area contributed by atoms with Crippen molar-refractivity contribution >= 4 is 35.1 Å². The van der Waals surface area contributed by atoms with Crippen molar-refractivity contribution < 1.29 is 14.3 Å². The number of thiazole rings is 1. The Morgan fingerprint density at radius 1 is 1.05 bits per heavy atom. The lowest BCUT2D eigenvalue weighted by Crippen LogP contribution is -2.39. The Labute approximate surface area is 235 Å². The highest BCUT2D eigenvalue weighted by atomic mass is 32.2. The molecule has 0 fully saturated rings. The third kappa shape index (κ3) is 5.77. The van der Waals surface area contributed by atoms with Gasteiger partial charge in [-0.3, -0.25) is 9.36 Å². The number of fused-ring (bicyclic) bond motifs is 1. The Balaban J connectivity index is 1.51. The smallest absolute Gasteiger partial charge is 0.338 e. The molecule has 5 rings (SSSR count). The van der Waals surface area contributed by atoms with Crippen LogP contribution in [0.25, 0.3) is 6.08 Å². The highest BCUT2D eigenvalue weighted by Crippen LogP contribution is 2.31. The van der Waals surface area contributed by atoms with Crippen LogP contribution in [-0.2, 0) is 16.1 Å². The normalized spacial score (nSPS) is 15.1. The van der Waals surface area contributed by atoms with Crippen molar-refractivity contribution in [2.24, 2.45) is 4.99 Å². The van der Waals surface area contributed by atoms with E-state index in [9.17, 15) is 9.59 Å². The summed E-state index contributed by atoms with van der Waals surface area (Å²) in [6.07, 6.45) is 3.86. The van der Waals surface area contributed by atoms with Crippen molar-refractivity contribution in [2.75, 3.05) is 12.9 Å². The number of hydrogen-bond acceptors (Lipinski definition) is 7. The molecule has 3 aromatic carbocycles. The summed E-state index contributed by atoms with van der Waals surface area (Å²) in [4.78, 5) is 33.1. The maximum absolute atomic E-state index is 13.8. The number of hydrogen-bond donors (Lipinski definition) is 0. The number of carbonyl (C=O) groups is 1. The molecular weight excluding hydrogens is 528 g/mol. The minimum absolute atomic E-state index is 0.198. The fraction of sp³-hybridized carbons (Fsp3) is 0.194. The number of allylic oxidation sites excluding steroid dienone is 1. The Morgan fingerprint density at radius 2 is 1.77 bits per heavy atom. The van der Waals surface area contributed by atoms with E-state index in [1.165, 1.54) is 11.3 Å². The Kier molecular flexibility index (Phi) is 8.14. The molecule has 0 saturated heterocycles. The summed E-state index contributed by atoms with van der Waals surface area (Å²) < 4.78 is 13.4. The van der Waals surface area contributed by atoms with Crippen molar-refractivity contribution in [3.8, 4) is 5.75 Å². The fourth-order valence-corrected chi connectivity index (χ4v) is 5.90. The maximum atomic E-state index is 13.8. The number of aromatic nitrogens is 1. The third-order valence-electron chi connectivity index (χ3n) is 6.37. The van der Waals surface area contributed by atoms with E-state index in [4.69, 9.17) is 9.47 Å². The molecule has 2 heterocycles. The first-order valence-corrected chi connectivity index (χ1v) is 14.6. The summed E-state index contributed by atoms with van der Waals surface area (Å²) in [5, 5.41) is 0. The Hall–Kier alpha value is -3.88. The lowest BCUT2D eigenvalue weighted by molar-refractivity contribution is -0.139. The molecule has 39 heavy (non-hydrogen) atoms. The van der Waals surface area contributed by atoms with Gasteiger partial charge in [-0.25, -0.2) is 9.79 Å². The second-order valence-corrected chi connectivity index (χ2v) is 10.8. The van der Waals surface area contributed by atoms with Crippen LogP contribution in [0.3, 0.4) is 0 Å². The first-order valence-electron chi connectivity index (χ1n) is 12.6. The average molecular weight is 557 g/mol. The van der Waals surface area contributed by atoms with Gasteiger partial charge in [0.2, 0.25) is 0 Å². The molecule has 198 valence electrons. The van der Waals surface area contributed by atoms with Crippen LogP contribution in [0.4, 0.5) is 0 Å². The van der Waals surface area contributed by atoms with Gasteiger partial charge in [0.25, 0.3) is 5.56 Å². The van der Waals surface area contributed by atoms with Gasteiger partial charge in [-0.2, -0.15) is 0 Å². The first kappa shape index (κ1) is 26.7. The largest absolute Gasteiger partial charge is 0.489 e. The summed E-state index contributed by atoms with van der Waals surface area (Å²) in [5.74, 6) is 0.291. The van der Waals surface area contributed by atoms with Gasteiger partial charge < -0.3 is 9.47 Å². The molecule has 8 heteroatoms. The number of carbonyl (C=O) groups excluding carboxylic acids is 1. The van der Waals surface area contributed by atoms with Crippen LogP contribution < -0.4 is 19.6 Å². The van der Waals surface area contributed by atoms with Gasteiger partial charge >= 0.3 is 5.97 Å². The van der Waals surface area contributed by atoms with Gasteiger partial charge in [0.15, 0.2) is 4.80 Å². The van der Waals surface area contributed by atoms with Gasteiger partial charge in [-0.15, -0.1) is 11.8 Å². The summed E-state index contributed by atoms with van der Waals surface area (Å²) in [6.45, 7) is 4.28. The lowest BCUT2D eigenvalue weighted by Gasteiger charge is -2.24. The van der Waals surface area contributed by atoms with Gasteiger partial charge in [-0.1, -0.05) is 65.9 Å². The third-order valence-corrected chi connectivity index (χ3v) is 8.10. The second-order valence-electron chi connectivity index (χ2n) is 8.92. The van der Waals surface area contributed by atoms with E-state index in [1.807, 2.05) is 91.2 Å². The molecule has 0 radical (unpaired) electrons. The van der Waals surface area contributed by atoms with Crippen LogP contribution in [0.15, 0.2) is 105 Å². The van der Waals surface area contributed by atoms with E-state index >= 15 is 0 Å². The number of nitrogens with zero attached hydrogens (tertiary/aromatic N) is 2. The van der Waals surface area contributed by atoms with Crippen LogP contribution in [0.1, 0.15) is 36.6 Å². The number of ether oxygens (including phenoxy) is 2. The topological polar surface area (TPSA) is 69.9 Å². The van der Waals surface area contributed by atoms with Crippen LogP contribution in [0, 0.1) is 0 Å². The van der Waals surface area contributed by atoms with Crippen LogP contribution in [0.2, 0.25) is 0 Å². The molecule has 1 atom stereocenters. The fourth-order valence-electron chi connectivity index (χ4n) is 4.45. The molecule has 1 unspecified atom stereocenters. The highest BCUT2D eigenvalue weighted by molar-refractivity contribution is 7.98. The Morgan fingerprint density at radius 3 is 2.44 bits per heavy atom. The van der Waals surface area contributed by atoms with Crippen LogP contribution in [0.5, 0.6) is 5.75 Å². The second kappa shape index (κ2) is 11.9. The lowest BCUT2D eigenvalue weighted by atomic mass is 9.96. The van der Waals surface area contributed by atoms with Crippen LogP contribution >= 0.6 is 23.1 Å². The maximum Gasteiger partial charge on any atom is 0.338 e. The van der Waals surface area contributed by atoms with Crippen molar-refractivity contribution in [2.45, 2.75) is 31.4 Å². The summed E-state index contributed by atoms with van der Waals surface area (Å²) in [6, 6.07) is 24.9. The van der Waals surface area contributed by atoms with Gasteiger partial charge in [0, 0.05) is 4.90 Å². The summed E-state index contributed by atoms with van der Waals surface area (Å²) in [5.41, 5.74) is 3.54. The van der Waals surface area contributed by atoms with Gasteiger partial charge in [0.1, 0.15) is 12.4 Å². The zero-order chi connectivity index (χ0) is 27.4. The van der Waals surface area contributed by atoms with Crippen molar-refractivity contribution in [1.29, 1.82) is 0 Å². The summed E-state index contributed by atoms with van der Waals surface area (Å²) in [7, 11) is 0. The standard InChI is InChI=1S/C31H28N2O4S2/c1-4-36-30(35)27-20(2)32-31-33(28(27)23-12-16-25(38-3)17-13-23)29(34)26(39-31)18-21-10-14-24(15-11-21)37-19-22-8-6-5-7-9-22/h5-18,28H,4,19H2,1-3H3/b26-18-. The molecule has 0 N–H and O–H groups in total. The summed E-state index contributed by atoms with van der Waals surface area (Å²) >= 11 is 2.95. The molecule has 1 aliphatic rings. The van der Waals surface area contributed by atoms with E-state index in [0.29, 0.717) is 27.2 Å². The van der Waals surface area contributed by atoms with E-state index in [1.54, 1.807) is 30.2 Å². The number of thioether (sulfide) groups is 1. The zero-order valence-electron chi connectivity index (χ0n) is 21.9. The highest BCUT2D eigenvalue weighted by Gasteiger charge is 2.33. The minimum Gasteiger partial charge on any atom is -0.489 e. The number of benzene rings is 3. The zero-order valence-corrected chi connectivity index (χ0v) is 23.6. The monoisotopic (exact) mass is 556 g/mol. The molecule has 6 nitrogen and oxygen atoms in total. The first-order chi connectivity index (χ1) is 19.0. The predicted molar refractivity (Wildman–Crippen MR) is 156 cm³/mol. The number of rotatable bonds is 8. The molecule has 0 saturated carbocycles. The van der Waals surface area contributed by atoms with Gasteiger partial charge in [0.05, 0.1) is 28.5 Å². The van der Waals surface area contributed by atoms with E-state index in [0.717, 1.165) is 27.3 Å². The van der Waals surface area contributed by atoms with Crippen molar-refractivity contribution in [3.63, 3.8) is 0 Å². The van der Waals surface area contributed by atoms with Crippen molar-refractivity contribution in [3.05, 3.63) is 127 Å². The minimum atomic E-state index is -0.618. The quantitative estimate of drug-likeness (QED) is 0.223. The van der Waals surface area contributed by atoms with Crippen LogP contribution in [-0.4, -0.2) is 23.4 Å². The number of esters is 1. The predicted octanol–water partition coefficient (Wildman–Crippen LogP) is 5.10. The molecule has 4 aromatic rings. The molecule has 1 aromatic heterocycles. The SMILES string of the molecule is CCOC(=O)C1=C(C)N=c2s/c(=C\c3ccc(OCc4ccccc4)cc3)c(=O)n2C1c1ccc(SC)cc1. The van der Waals surface area contributed by atoms with E-state index in [2.05, 4.69) is 4.99 Å².